The van der Waals surface area contributed by atoms with E-state index in [1.807, 2.05) is 20.8 Å². The van der Waals surface area contributed by atoms with E-state index in [0.29, 0.717) is 25.7 Å². The van der Waals surface area contributed by atoms with Crippen LogP contribution in [-0.4, -0.2) is 80.0 Å². The predicted octanol–water partition coefficient (Wildman–Crippen LogP) is 0.526. The van der Waals surface area contributed by atoms with Crippen LogP contribution < -0.4 is 5.32 Å². The summed E-state index contributed by atoms with van der Waals surface area (Å²) in [5.74, 6) is 0. The van der Waals surface area contributed by atoms with Crippen molar-refractivity contribution in [1.82, 2.24) is 15.1 Å². The van der Waals surface area contributed by atoms with Gasteiger partial charge in [0.15, 0.2) is 0 Å². The number of piperazine rings is 1. The van der Waals surface area contributed by atoms with Gasteiger partial charge < -0.3 is 19.7 Å². The Labute approximate surface area is 121 Å². The van der Waals surface area contributed by atoms with Gasteiger partial charge in [-0.15, -0.1) is 0 Å². The number of hydrogen-bond donors (Lipinski definition) is 1. The molecule has 2 fully saturated rings. The van der Waals surface area contributed by atoms with E-state index in [9.17, 15) is 4.79 Å². The summed E-state index contributed by atoms with van der Waals surface area (Å²) in [6.45, 7) is 10.4. The van der Waals surface area contributed by atoms with Crippen LogP contribution in [0, 0.1) is 0 Å². The summed E-state index contributed by atoms with van der Waals surface area (Å²) >= 11 is 0. The highest BCUT2D eigenvalue weighted by atomic mass is 16.6. The molecule has 2 aliphatic heterocycles. The van der Waals surface area contributed by atoms with Crippen molar-refractivity contribution in [2.45, 2.75) is 38.5 Å². The molecule has 2 heterocycles. The summed E-state index contributed by atoms with van der Waals surface area (Å²) in [4.78, 5) is 16.2. The van der Waals surface area contributed by atoms with Gasteiger partial charge in [-0.2, -0.15) is 0 Å². The minimum Gasteiger partial charge on any atom is -0.444 e. The minimum atomic E-state index is -0.450. The number of carbonyl (C=O) groups excluding carboxylic acids is 1. The lowest BCUT2D eigenvalue weighted by atomic mass is 10.1. The first-order chi connectivity index (χ1) is 9.37. The van der Waals surface area contributed by atoms with Crippen LogP contribution in [0.25, 0.3) is 0 Å². The fourth-order valence-electron chi connectivity index (χ4n) is 2.64. The summed E-state index contributed by atoms with van der Waals surface area (Å²) < 4.78 is 11.3. The molecular weight excluding hydrogens is 258 g/mol. The molecule has 2 atom stereocenters. The van der Waals surface area contributed by atoms with Crippen LogP contribution >= 0.6 is 0 Å². The number of carbonyl (C=O) groups is 1. The summed E-state index contributed by atoms with van der Waals surface area (Å²) in [6, 6.07) is 0.314. The molecular formula is C14H27N3O3. The Morgan fingerprint density at radius 1 is 1.35 bits per heavy atom. The maximum atomic E-state index is 12.1. The molecule has 0 aliphatic carbocycles. The molecule has 0 saturated carbocycles. The number of nitrogens with one attached hydrogen (secondary N) is 1. The van der Waals surface area contributed by atoms with E-state index in [1.54, 1.807) is 4.90 Å². The second-order valence-corrected chi connectivity index (χ2v) is 6.59. The Balaban J connectivity index is 1.92. The monoisotopic (exact) mass is 285 g/mol. The van der Waals surface area contributed by atoms with E-state index in [1.165, 1.54) is 0 Å². The van der Waals surface area contributed by atoms with Crippen LogP contribution in [-0.2, 0) is 9.47 Å². The number of nitrogens with zero attached hydrogens (tertiary/aromatic N) is 2. The molecule has 2 aliphatic rings. The number of rotatable bonds is 1. The van der Waals surface area contributed by atoms with Crippen molar-refractivity contribution in [1.29, 1.82) is 0 Å². The summed E-state index contributed by atoms with van der Waals surface area (Å²) in [5, 5.41) is 3.39. The number of ether oxygens (including phenoxy) is 2. The molecule has 2 saturated heterocycles. The molecule has 1 N–H and O–H groups in total. The van der Waals surface area contributed by atoms with Gasteiger partial charge in [-0.3, -0.25) is 4.90 Å². The van der Waals surface area contributed by atoms with Crippen molar-refractivity contribution in [2.75, 3.05) is 46.4 Å². The largest absolute Gasteiger partial charge is 0.444 e. The Morgan fingerprint density at radius 2 is 2.10 bits per heavy atom. The number of morpholine rings is 1. The average molecular weight is 285 g/mol. The molecule has 20 heavy (non-hydrogen) atoms. The summed E-state index contributed by atoms with van der Waals surface area (Å²) in [7, 11) is 2.11. The van der Waals surface area contributed by atoms with E-state index in [0.717, 1.165) is 19.6 Å². The zero-order valence-corrected chi connectivity index (χ0v) is 13.0. The molecule has 2 unspecified atom stereocenters. The van der Waals surface area contributed by atoms with Crippen molar-refractivity contribution in [2.24, 2.45) is 0 Å². The molecule has 0 aromatic carbocycles. The smallest absolute Gasteiger partial charge is 0.410 e. The van der Waals surface area contributed by atoms with E-state index in [4.69, 9.17) is 9.47 Å². The minimum absolute atomic E-state index is 0.0501. The van der Waals surface area contributed by atoms with E-state index >= 15 is 0 Å². The third kappa shape index (κ3) is 4.07. The number of amides is 1. The Kier molecular flexibility index (Phi) is 4.88. The lowest BCUT2D eigenvalue weighted by molar-refractivity contribution is -0.0748. The predicted molar refractivity (Wildman–Crippen MR) is 76.8 cm³/mol. The van der Waals surface area contributed by atoms with Crippen molar-refractivity contribution >= 4 is 6.09 Å². The van der Waals surface area contributed by atoms with Crippen molar-refractivity contribution in [3.63, 3.8) is 0 Å². The Bertz CT molecular complexity index is 343. The number of hydrogen-bond acceptors (Lipinski definition) is 5. The van der Waals surface area contributed by atoms with Crippen LogP contribution in [0.15, 0.2) is 0 Å². The van der Waals surface area contributed by atoms with Crippen molar-refractivity contribution < 1.29 is 14.3 Å². The second kappa shape index (κ2) is 6.28. The third-order valence-corrected chi connectivity index (χ3v) is 3.74. The van der Waals surface area contributed by atoms with Crippen LogP contribution in [0.4, 0.5) is 4.79 Å². The highest BCUT2D eigenvalue weighted by Crippen LogP contribution is 2.17. The van der Waals surface area contributed by atoms with Crippen LogP contribution in [0.3, 0.4) is 0 Å². The lowest BCUT2D eigenvalue weighted by Crippen LogP contribution is -2.60. The van der Waals surface area contributed by atoms with Crippen LogP contribution in [0.1, 0.15) is 20.8 Å². The highest BCUT2D eigenvalue weighted by Gasteiger charge is 2.35. The first-order valence-corrected chi connectivity index (χ1v) is 7.37. The van der Waals surface area contributed by atoms with Gasteiger partial charge in [-0.25, -0.2) is 4.79 Å². The van der Waals surface area contributed by atoms with E-state index in [2.05, 4.69) is 17.3 Å². The topological polar surface area (TPSA) is 54.0 Å². The van der Waals surface area contributed by atoms with Crippen molar-refractivity contribution in [3.05, 3.63) is 0 Å². The van der Waals surface area contributed by atoms with Gasteiger partial charge in [0.05, 0.1) is 19.3 Å². The fourth-order valence-corrected chi connectivity index (χ4v) is 2.64. The first kappa shape index (κ1) is 15.5. The average Bonchev–Trinajstić information content (AvgIpc) is 2.37. The SMILES string of the molecule is CN1CCNCC1C1CN(C(=O)OC(C)(C)C)CCO1. The molecule has 6 nitrogen and oxygen atoms in total. The zero-order valence-electron chi connectivity index (χ0n) is 13.0. The molecule has 0 bridgehead atoms. The summed E-state index contributed by atoms with van der Waals surface area (Å²) in [5.41, 5.74) is -0.450. The van der Waals surface area contributed by atoms with Gasteiger partial charge in [0.2, 0.25) is 0 Å². The molecule has 116 valence electrons. The van der Waals surface area contributed by atoms with Gasteiger partial charge in [0.1, 0.15) is 5.60 Å². The van der Waals surface area contributed by atoms with Crippen LogP contribution in [0.5, 0.6) is 0 Å². The zero-order chi connectivity index (χ0) is 14.8. The van der Waals surface area contributed by atoms with Gasteiger partial charge >= 0.3 is 6.09 Å². The van der Waals surface area contributed by atoms with E-state index < -0.39 is 5.60 Å². The molecule has 0 aromatic heterocycles. The van der Waals surface area contributed by atoms with Gasteiger partial charge in [0.25, 0.3) is 0 Å². The quantitative estimate of drug-likeness (QED) is 0.761. The standard InChI is InChI=1S/C14H27N3O3/c1-14(2,3)20-13(18)17-7-8-19-12(10-17)11-9-15-5-6-16(11)4/h11-12,15H,5-10H2,1-4H3. The maximum absolute atomic E-state index is 12.1. The molecule has 1 amide bonds. The van der Waals surface area contributed by atoms with E-state index in [-0.39, 0.29) is 12.2 Å². The molecule has 2 rings (SSSR count). The highest BCUT2D eigenvalue weighted by molar-refractivity contribution is 5.68. The Morgan fingerprint density at radius 3 is 2.75 bits per heavy atom. The second-order valence-electron chi connectivity index (χ2n) is 6.59. The normalized spacial score (nSPS) is 29.3. The van der Waals surface area contributed by atoms with Crippen LogP contribution in [0.2, 0.25) is 0 Å². The fraction of sp³-hybridized carbons (Fsp3) is 0.929. The van der Waals surface area contributed by atoms with Gasteiger partial charge in [0, 0.05) is 32.2 Å². The maximum Gasteiger partial charge on any atom is 0.410 e. The molecule has 0 aromatic rings. The molecule has 0 radical (unpaired) electrons. The lowest BCUT2D eigenvalue weighted by Gasteiger charge is -2.42. The summed E-state index contributed by atoms with van der Waals surface area (Å²) in [6.07, 6.45) is -0.189. The molecule has 6 heteroatoms. The number of likely N-dealkylation sites (N-methyl/N-ethyl adjacent to an activating group) is 1. The van der Waals surface area contributed by atoms with Crippen molar-refractivity contribution in [3.8, 4) is 0 Å². The Hall–Kier alpha value is -0.850. The first-order valence-electron chi connectivity index (χ1n) is 7.37. The van der Waals surface area contributed by atoms with Gasteiger partial charge in [-0.1, -0.05) is 0 Å². The molecule has 0 spiro atoms. The third-order valence-electron chi connectivity index (χ3n) is 3.74. The van der Waals surface area contributed by atoms with Gasteiger partial charge in [-0.05, 0) is 27.8 Å².